The zero-order valence-electron chi connectivity index (χ0n) is 9.61. The lowest BCUT2D eigenvalue weighted by molar-refractivity contribution is 0.669. The summed E-state index contributed by atoms with van der Waals surface area (Å²) in [5.74, 6) is 0. The van der Waals surface area contributed by atoms with Crippen molar-refractivity contribution in [1.82, 2.24) is 9.78 Å². The molecule has 0 radical (unpaired) electrons. The van der Waals surface area contributed by atoms with Gasteiger partial charge in [0.05, 0.1) is 22.4 Å². The van der Waals surface area contributed by atoms with Gasteiger partial charge in [-0.2, -0.15) is 5.10 Å². The summed E-state index contributed by atoms with van der Waals surface area (Å²) in [7, 11) is 1.87. The van der Waals surface area contributed by atoms with Gasteiger partial charge in [-0.25, -0.2) is 0 Å². The molecule has 1 unspecified atom stereocenters. The number of nitrogens with two attached hydrogens (primary N) is 1. The van der Waals surface area contributed by atoms with Crippen LogP contribution in [0, 0.1) is 6.92 Å². The summed E-state index contributed by atoms with van der Waals surface area (Å²) < 4.78 is 2.68. The maximum absolute atomic E-state index is 6.28. The minimum absolute atomic E-state index is 0.240. The molecule has 17 heavy (non-hydrogen) atoms. The van der Waals surface area contributed by atoms with Gasteiger partial charge < -0.3 is 5.73 Å². The summed E-state index contributed by atoms with van der Waals surface area (Å²) in [6.07, 6.45) is 1.75. The van der Waals surface area contributed by atoms with Crippen molar-refractivity contribution in [1.29, 1.82) is 0 Å². The molecular formula is C12H13BrClN3. The molecular weight excluding hydrogens is 302 g/mol. The van der Waals surface area contributed by atoms with Gasteiger partial charge in [0.15, 0.2) is 0 Å². The lowest BCUT2D eigenvalue weighted by Gasteiger charge is -2.16. The minimum Gasteiger partial charge on any atom is -0.319 e. The molecule has 0 aliphatic heterocycles. The van der Waals surface area contributed by atoms with Gasteiger partial charge in [-0.1, -0.05) is 17.7 Å². The van der Waals surface area contributed by atoms with Crippen LogP contribution in [0.4, 0.5) is 0 Å². The highest BCUT2D eigenvalue weighted by atomic mass is 79.9. The highest BCUT2D eigenvalue weighted by molar-refractivity contribution is 9.10. The lowest BCUT2D eigenvalue weighted by atomic mass is 9.99. The van der Waals surface area contributed by atoms with E-state index in [2.05, 4.69) is 21.0 Å². The van der Waals surface area contributed by atoms with Gasteiger partial charge in [-0.15, -0.1) is 0 Å². The fraction of sp³-hybridized carbons (Fsp3) is 0.250. The minimum atomic E-state index is -0.240. The quantitative estimate of drug-likeness (QED) is 0.925. The number of hydrogen-bond donors (Lipinski definition) is 1. The summed E-state index contributed by atoms with van der Waals surface area (Å²) in [6.45, 7) is 2.02. The van der Waals surface area contributed by atoms with Gasteiger partial charge in [0.1, 0.15) is 0 Å². The second-order valence-electron chi connectivity index (χ2n) is 3.98. The van der Waals surface area contributed by atoms with E-state index in [0.717, 1.165) is 21.3 Å². The van der Waals surface area contributed by atoms with E-state index in [-0.39, 0.29) is 6.04 Å². The van der Waals surface area contributed by atoms with Crippen molar-refractivity contribution < 1.29 is 0 Å². The second-order valence-corrected chi connectivity index (χ2v) is 5.27. The van der Waals surface area contributed by atoms with Crippen molar-refractivity contribution in [3.8, 4) is 0 Å². The Hall–Kier alpha value is -0.840. The molecule has 0 spiro atoms. The fourth-order valence-corrected chi connectivity index (χ4v) is 2.64. The molecule has 1 aromatic carbocycles. The van der Waals surface area contributed by atoms with Gasteiger partial charge in [-0.05, 0) is 46.1 Å². The molecule has 1 atom stereocenters. The summed E-state index contributed by atoms with van der Waals surface area (Å²) in [4.78, 5) is 0. The van der Waals surface area contributed by atoms with Gasteiger partial charge >= 0.3 is 0 Å². The van der Waals surface area contributed by atoms with Crippen molar-refractivity contribution in [3.63, 3.8) is 0 Å². The van der Waals surface area contributed by atoms with Crippen LogP contribution in [0.2, 0.25) is 5.02 Å². The maximum atomic E-state index is 6.28. The third-order valence-electron chi connectivity index (χ3n) is 2.81. The Bertz CT molecular complexity index is 531. The SMILES string of the molecule is Cc1ccc(Cl)cc1C(N)c1c(Br)cnn1C. The zero-order chi connectivity index (χ0) is 12.6. The summed E-state index contributed by atoms with van der Waals surface area (Å²) in [6, 6.07) is 5.50. The monoisotopic (exact) mass is 313 g/mol. The van der Waals surface area contributed by atoms with Crippen LogP contribution in [-0.4, -0.2) is 9.78 Å². The van der Waals surface area contributed by atoms with Crippen LogP contribution in [0.1, 0.15) is 22.9 Å². The van der Waals surface area contributed by atoms with Gasteiger partial charge in [0.25, 0.3) is 0 Å². The van der Waals surface area contributed by atoms with Gasteiger partial charge in [0.2, 0.25) is 0 Å². The van der Waals surface area contributed by atoms with Crippen molar-refractivity contribution in [3.05, 3.63) is 50.7 Å². The Morgan fingerprint density at radius 3 is 2.76 bits per heavy atom. The van der Waals surface area contributed by atoms with Crippen LogP contribution < -0.4 is 5.73 Å². The molecule has 0 amide bonds. The fourth-order valence-electron chi connectivity index (χ4n) is 1.86. The van der Waals surface area contributed by atoms with E-state index >= 15 is 0 Å². The predicted octanol–water partition coefficient (Wildman–Crippen LogP) is 3.19. The molecule has 2 N–H and O–H groups in total. The van der Waals surface area contributed by atoms with Crippen LogP contribution >= 0.6 is 27.5 Å². The van der Waals surface area contributed by atoms with E-state index in [1.165, 1.54) is 0 Å². The molecule has 5 heteroatoms. The van der Waals surface area contributed by atoms with E-state index in [4.69, 9.17) is 17.3 Å². The van der Waals surface area contributed by atoms with Crippen LogP contribution in [0.25, 0.3) is 0 Å². The predicted molar refractivity (Wildman–Crippen MR) is 73.1 cm³/mol. The van der Waals surface area contributed by atoms with Crippen molar-refractivity contribution in [2.75, 3.05) is 0 Å². The van der Waals surface area contributed by atoms with Crippen LogP contribution in [0.5, 0.6) is 0 Å². The first kappa shape index (κ1) is 12.6. The molecule has 2 aromatic rings. The third kappa shape index (κ3) is 2.39. The molecule has 1 heterocycles. The van der Waals surface area contributed by atoms with Gasteiger partial charge in [0, 0.05) is 12.1 Å². The molecule has 0 aliphatic carbocycles. The number of halogens is 2. The van der Waals surface area contributed by atoms with E-state index in [9.17, 15) is 0 Å². The number of rotatable bonds is 2. The molecule has 0 aliphatic rings. The summed E-state index contributed by atoms with van der Waals surface area (Å²) in [5, 5.41) is 4.87. The van der Waals surface area contributed by atoms with Crippen molar-refractivity contribution >= 4 is 27.5 Å². The Kier molecular flexibility index (Phi) is 3.56. The van der Waals surface area contributed by atoms with E-state index in [0.29, 0.717) is 5.02 Å². The topological polar surface area (TPSA) is 43.8 Å². The van der Waals surface area contributed by atoms with Crippen LogP contribution in [0.15, 0.2) is 28.9 Å². The first-order chi connectivity index (χ1) is 8.00. The molecule has 0 bridgehead atoms. The smallest absolute Gasteiger partial charge is 0.0737 e. The van der Waals surface area contributed by atoms with E-state index in [1.54, 1.807) is 10.9 Å². The maximum Gasteiger partial charge on any atom is 0.0737 e. The first-order valence-corrected chi connectivity index (χ1v) is 6.37. The number of hydrogen-bond acceptors (Lipinski definition) is 2. The normalized spacial score (nSPS) is 12.8. The molecule has 3 nitrogen and oxygen atoms in total. The Labute approximate surface area is 114 Å². The van der Waals surface area contributed by atoms with Crippen molar-refractivity contribution in [2.24, 2.45) is 12.8 Å². The number of aromatic nitrogens is 2. The van der Waals surface area contributed by atoms with Crippen LogP contribution in [-0.2, 0) is 7.05 Å². The second kappa shape index (κ2) is 4.80. The van der Waals surface area contributed by atoms with E-state index in [1.807, 2.05) is 32.2 Å². The number of aryl methyl sites for hydroxylation is 2. The lowest BCUT2D eigenvalue weighted by Crippen LogP contribution is -2.17. The molecule has 2 rings (SSSR count). The summed E-state index contributed by atoms with van der Waals surface area (Å²) in [5.41, 5.74) is 9.36. The number of benzene rings is 1. The van der Waals surface area contributed by atoms with Crippen LogP contribution in [0.3, 0.4) is 0 Å². The standard InChI is InChI=1S/C12H13BrClN3/c1-7-3-4-8(14)5-9(7)11(15)12-10(13)6-16-17(12)2/h3-6,11H,15H2,1-2H3. The van der Waals surface area contributed by atoms with Gasteiger partial charge in [-0.3, -0.25) is 4.68 Å². The summed E-state index contributed by atoms with van der Waals surface area (Å²) >= 11 is 9.47. The van der Waals surface area contributed by atoms with E-state index < -0.39 is 0 Å². The molecule has 90 valence electrons. The highest BCUT2D eigenvalue weighted by Crippen LogP contribution is 2.29. The molecule has 1 aromatic heterocycles. The molecule has 0 saturated heterocycles. The Morgan fingerprint density at radius 1 is 1.47 bits per heavy atom. The average molecular weight is 315 g/mol. The first-order valence-electron chi connectivity index (χ1n) is 5.19. The average Bonchev–Trinajstić information content (AvgIpc) is 2.61. The van der Waals surface area contributed by atoms with Crippen molar-refractivity contribution in [2.45, 2.75) is 13.0 Å². The third-order valence-corrected chi connectivity index (χ3v) is 3.65. The Balaban J connectivity index is 2.50. The molecule has 0 saturated carbocycles. The zero-order valence-corrected chi connectivity index (χ0v) is 12.0. The largest absolute Gasteiger partial charge is 0.319 e. The highest BCUT2D eigenvalue weighted by Gasteiger charge is 2.18. The Morgan fingerprint density at radius 2 is 2.18 bits per heavy atom. The molecule has 0 fully saturated rings. The number of nitrogens with zero attached hydrogens (tertiary/aromatic N) is 2.